The van der Waals surface area contributed by atoms with Gasteiger partial charge >= 0.3 is 17.1 Å². The van der Waals surface area contributed by atoms with Crippen LogP contribution in [0, 0.1) is 0 Å². The Balaban J connectivity index is 0.00000387. The molecule has 0 saturated heterocycles. The maximum absolute atomic E-state index is 13.0. The van der Waals surface area contributed by atoms with Gasteiger partial charge in [-0.15, -0.1) is 0 Å². The van der Waals surface area contributed by atoms with E-state index in [1.165, 1.54) is 0 Å². The second kappa shape index (κ2) is 11.5. The number of rotatable bonds is 4. The summed E-state index contributed by atoms with van der Waals surface area (Å²) in [5.41, 5.74) is 11.5. The molecule has 0 aromatic rings. The summed E-state index contributed by atoms with van der Waals surface area (Å²) in [6.45, 7) is 15.9. The van der Waals surface area contributed by atoms with Crippen LogP contribution < -0.4 is 10.2 Å². The van der Waals surface area contributed by atoms with E-state index in [1.54, 1.807) is 26.0 Å². The number of hydrogen-bond donors (Lipinski definition) is 0. The minimum atomic E-state index is -0.459. The van der Waals surface area contributed by atoms with Crippen molar-refractivity contribution in [2.24, 2.45) is 20.0 Å². The van der Waals surface area contributed by atoms with Crippen LogP contribution in [0.4, 0.5) is 0 Å². The summed E-state index contributed by atoms with van der Waals surface area (Å²) in [5.74, 6) is -0.918. The summed E-state index contributed by atoms with van der Waals surface area (Å²) < 4.78 is 10.7. The predicted octanol–water partition coefficient (Wildman–Crippen LogP) is 4.58. The van der Waals surface area contributed by atoms with Crippen LogP contribution in [0.1, 0.15) is 55.4 Å². The van der Waals surface area contributed by atoms with E-state index in [1.807, 2.05) is 53.7 Å². The molecule has 0 saturated carbocycles. The summed E-state index contributed by atoms with van der Waals surface area (Å²) in [7, 11) is 0. The van der Waals surface area contributed by atoms with Gasteiger partial charge < -0.3 is 19.7 Å². The van der Waals surface area contributed by atoms with Gasteiger partial charge in [0, 0.05) is 11.1 Å². The first-order chi connectivity index (χ1) is 19.1. The zero-order valence-electron chi connectivity index (χ0n) is 24.5. The first kappa shape index (κ1) is 30.0. The summed E-state index contributed by atoms with van der Waals surface area (Å²) in [5, 5.41) is 26.0. The van der Waals surface area contributed by atoms with Gasteiger partial charge in [0.1, 0.15) is 0 Å². The maximum atomic E-state index is 13.0. The third-order valence-electron chi connectivity index (χ3n) is 7.71. The molecule has 5 aliphatic heterocycles. The summed E-state index contributed by atoms with van der Waals surface area (Å²) >= 11 is 0. The van der Waals surface area contributed by atoms with E-state index in [0.717, 1.165) is 45.1 Å². The molecular formula is C32H32FeN4O4. The molecule has 0 N–H and O–H groups in total. The fourth-order valence-corrected chi connectivity index (χ4v) is 5.10. The second-order valence-electron chi connectivity index (χ2n) is 10.0. The number of ether oxygens (including phenoxy) is 2. The first-order valence-electron chi connectivity index (χ1n) is 13.4. The van der Waals surface area contributed by atoms with Gasteiger partial charge in [-0.25, -0.2) is 20.0 Å². The van der Waals surface area contributed by atoms with Crippen molar-refractivity contribution in [2.75, 3.05) is 13.2 Å². The minimum absolute atomic E-state index is 0. The Morgan fingerprint density at radius 2 is 0.951 bits per heavy atom. The van der Waals surface area contributed by atoms with Crippen LogP contribution in [0.3, 0.4) is 0 Å². The average molecular weight is 592 g/mol. The Bertz CT molecular complexity index is 1540. The molecule has 0 aromatic heterocycles. The van der Waals surface area contributed by atoms with Crippen molar-refractivity contribution >= 4 is 22.8 Å². The molecule has 5 rings (SSSR count). The second-order valence-corrected chi connectivity index (χ2v) is 10.0. The topological polar surface area (TPSA) is 114 Å². The van der Waals surface area contributed by atoms with E-state index in [0.29, 0.717) is 45.1 Å². The van der Waals surface area contributed by atoms with Crippen molar-refractivity contribution in [3.63, 3.8) is 0 Å². The Hall–Kier alpha value is -3.94. The van der Waals surface area contributed by atoms with Gasteiger partial charge in [0.05, 0.1) is 57.5 Å². The Kier molecular flexibility index (Phi) is 8.43. The van der Waals surface area contributed by atoms with Gasteiger partial charge in [-0.05, 0) is 112 Å². The molecule has 0 radical (unpaired) electrons. The normalized spacial score (nSPS) is 22.3. The number of fused-ring (bicyclic) bond motifs is 5. The molecule has 0 aromatic carbocycles. The SMILES string of the molecule is CCO/C([O-])=C1/C2=NC(=C1C)C=C1N=C(C3=NC(=CC4=C(C)/C(=C(/[O-])OCC)C(=N4)C=C2)C(C)=C3C)C(C)=C1C.[Fe+2]. The maximum Gasteiger partial charge on any atom is 2.00 e. The molecule has 9 heteroatoms. The molecule has 0 amide bonds. The first-order valence-corrected chi connectivity index (χ1v) is 13.4. The van der Waals surface area contributed by atoms with Crippen LogP contribution in [-0.2, 0) is 26.5 Å². The molecule has 8 bridgehead atoms. The number of allylic oxidation sites excluding steroid dienone is 12. The summed E-state index contributed by atoms with van der Waals surface area (Å²) in [6, 6.07) is 0. The zero-order valence-corrected chi connectivity index (χ0v) is 25.6. The number of hydrogen-bond acceptors (Lipinski definition) is 8. The Labute approximate surface area is 251 Å². The van der Waals surface area contributed by atoms with E-state index < -0.39 is 11.9 Å². The van der Waals surface area contributed by atoms with Crippen molar-refractivity contribution in [3.05, 3.63) is 104 Å². The monoisotopic (exact) mass is 592 g/mol. The van der Waals surface area contributed by atoms with Gasteiger partial charge in [-0.1, -0.05) is 13.8 Å². The van der Waals surface area contributed by atoms with Crippen molar-refractivity contribution in [1.29, 1.82) is 0 Å². The van der Waals surface area contributed by atoms with Crippen LogP contribution >= 0.6 is 0 Å². The third-order valence-corrected chi connectivity index (χ3v) is 7.71. The zero-order chi connectivity index (χ0) is 28.9. The van der Waals surface area contributed by atoms with E-state index in [-0.39, 0.29) is 30.3 Å². The van der Waals surface area contributed by atoms with Gasteiger partial charge in [0.25, 0.3) is 0 Å². The molecule has 0 aliphatic carbocycles. The van der Waals surface area contributed by atoms with Crippen LogP contribution in [0.25, 0.3) is 0 Å². The van der Waals surface area contributed by atoms with Crippen molar-refractivity contribution in [2.45, 2.75) is 55.4 Å². The Morgan fingerprint density at radius 3 is 1.29 bits per heavy atom. The molecule has 0 unspecified atom stereocenters. The van der Waals surface area contributed by atoms with Crippen molar-refractivity contribution < 1.29 is 36.8 Å². The molecule has 0 atom stereocenters. The Morgan fingerprint density at radius 1 is 0.585 bits per heavy atom. The molecule has 0 fully saturated rings. The molecule has 212 valence electrons. The molecule has 5 heterocycles. The summed E-state index contributed by atoms with van der Waals surface area (Å²) in [6.07, 6.45) is 7.20. The van der Waals surface area contributed by atoms with Gasteiger partial charge in [-0.2, -0.15) is 0 Å². The third kappa shape index (κ3) is 5.04. The van der Waals surface area contributed by atoms with Gasteiger partial charge in [-0.3, -0.25) is 0 Å². The van der Waals surface area contributed by atoms with Crippen molar-refractivity contribution in [1.82, 2.24) is 0 Å². The van der Waals surface area contributed by atoms with Crippen LogP contribution in [0.5, 0.6) is 0 Å². The fourth-order valence-electron chi connectivity index (χ4n) is 5.10. The molecule has 0 spiro atoms. The van der Waals surface area contributed by atoms with Crippen LogP contribution in [-0.4, -0.2) is 36.1 Å². The number of aliphatic imine (C=N–C) groups is 4. The quantitative estimate of drug-likeness (QED) is 0.351. The van der Waals surface area contributed by atoms with Crippen LogP contribution in [0.15, 0.2) is 124 Å². The van der Waals surface area contributed by atoms with Gasteiger partial charge in [0.2, 0.25) is 0 Å². The predicted molar refractivity (Wildman–Crippen MR) is 154 cm³/mol. The van der Waals surface area contributed by atoms with E-state index >= 15 is 0 Å². The largest absolute Gasteiger partial charge is 2.00 e. The van der Waals surface area contributed by atoms with E-state index in [2.05, 4.69) is 0 Å². The van der Waals surface area contributed by atoms with Gasteiger partial charge in [0.15, 0.2) is 0 Å². The van der Waals surface area contributed by atoms with E-state index in [9.17, 15) is 10.2 Å². The van der Waals surface area contributed by atoms with Crippen LogP contribution in [0.2, 0.25) is 0 Å². The standard InChI is InChI=1S/C32H34N4O4.Fe/c1-9-39-31(37)27-19(7)25-13-23-15(3)17(5)29(35-23)30-18(6)16(4)24(36-30)14-26-20(8)28(32(38)40-10-2)22(34-26)12-11-21(27)33-25;/h11-14,37-38H,9-10H2,1-8H3;/q;+2/p-2/b12-11?,23-13?,24-14?,31-27+,32-28+;. The molecular weight excluding hydrogens is 560 g/mol. The molecule has 41 heavy (non-hydrogen) atoms. The number of nitrogens with zero attached hydrogens (tertiary/aromatic N) is 4. The molecule has 8 nitrogen and oxygen atoms in total. The smallest absolute Gasteiger partial charge is 0.613 e. The summed E-state index contributed by atoms with van der Waals surface area (Å²) in [4.78, 5) is 19.6. The van der Waals surface area contributed by atoms with Crippen molar-refractivity contribution in [3.8, 4) is 0 Å². The molecule has 5 aliphatic rings. The van der Waals surface area contributed by atoms with E-state index in [4.69, 9.17) is 29.4 Å². The average Bonchev–Trinajstić information content (AvgIpc) is 3.58. The fraction of sp³-hybridized carbons (Fsp3) is 0.312. The minimum Gasteiger partial charge on any atom is -0.613 e.